The van der Waals surface area contributed by atoms with Crippen molar-refractivity contribution in [3.8, 4) is 11.5 Å². The third-order valence-corrected chi connectivity index (χ3v) is 5.91. The average Bonchev–Trinajstić information content (AvgIpc) is 2.82. The van der Waals surface area contributed by atoms with Crippen LogP contribution in [-0.4, -0.2) is 40.6 Å². The molecule has 1 heterocycles. The average molecular weight is 426 g/mol. The first-order valence-corrected chi connectivity index (χ1v) is 11.3. The molecule has 2 aromatic carbocycles. The Morgan fingerprint density at radius 2 is 1.96 bits per heavy atom. The molecular weight excluding hydrogens is 408 g/mol. The second-order valence-corrected chi connectivity index (χ2v) is 9.56. The van der Waals surface area contributed by atoms with Gasteiger partial charge in [0.25, 0.3) is 5.91 Å². The highest BCUT2D eigenvalue weighted by molar-refractivity contribution is 7.92. The molecule has 1 amide bonds. The van der Waals surface area contributed by atoms with Crippen molar-refractivity contribution in [3.63, 3.8) is 0 Å². The summed E-state index contributed by atoms with van der Waals surface area (Å²) in [6.07, 6.45) is 1.19. The van der Waals surface area contributed by atoms with Crippen LogP contribution in [0.5, 0.6) is 11.5 Å². The lowest BCUT2D eigenvalue weighted by Gasteiger charge is -2.17. The maximum Gasteiger partial charge on any atom is 0.326 e. The van der Waals surface area contributed by atoms with Crippen LogP contribution in [0.4, 0.5) is 5.69 Å². The van der Waals surface area contributed by atoms with E-state index >= 15 is 0 Å². The molecule has 0 atom stereocenters. The van der Waals surface area contributed by atoms with Gasteiger partial charge in [-0.2, -0.15) is 16.8 Å². The van der Waals surface area contributed by atoms with E-state index in [-0.39, 0.29) is 23.6 Å². The first kappa shape index (κ1) is 20.0. The normalized spacial score (nSPS) is 16.1. The second kappa shape index (κ2) is 6.99. The van der Waals surface area contributed by atoms with Crippen LogP contribution in [0.25, 0.3) is 0 Å². The largest absolute Gasteiger partial charge is 0.506 e. The van der Waals surface area contributed by atoms with Crippen molar-refractivity contribution in [3.05, 3.63) is 53.1 Å². The summed E-state index contributed by atoms with van der Waals surface area (Å²) in [5.74, 6) is -0.799. The Kier molecular flexibility index (Phi) is 4.98. The molecule has 1 fully saturated rings. The molecule has 0 radical (unpaired) electrons. The number of benzene rings is 2. The number of nitrogens with one attached hydrogen (secondary N) is 1. The number of rotatable bonds is 5. The Labute approximate surface area is 162 Å². The smallest absolute Gasteiger partial charge is 0.326 e. The van der Waals surface area contributed by atoms with Crippen molar-refractivity contribution in [2.24, 2.45) is 0 Å². The molecule has 1 aliphatic heterocycles. The molecule has 0 unspecified atom stereocenters. The van der Waals surface area contributed by atoms with E-state index in [4.69, 9.17) is 4.18 Å². The summed E-state index contributed by atoms with van der Waals surface area (Å²) in [6, 6.07) is 9.50. The molecule has 0 spiro atoms. The fourth-order valence-corrected chi connectivity index (χ4v) is 4.60. The molecule has 0 aromatic heterocycles. The predicted molar refractivity (Wildman–Crippen MR) is 102 cm³/mol. The summed E-state index contributed by atoms with van der Waals surface area (Å²) in [4.78, 5) is 11.4. The minimum Gasteiger partial charge on any atom is -0.506 e. The number of carbonyl (C=O) groups is 1. The standard InChI is InChI=1S/C17H18N2O7S2/c1-11-4-3-5-13(17(11)26-27(2,22)23)8-12-6-7-14(15(20)9-12)19-10-16(21)18-28(19,24)25/h3-7,9,20H,8,10H2,1-2H3,(H,18,21). The van der Waals surface area contributed by atoms with Gasteiger partial charge in [0.1, 0.15) is 18.0 Å². The number of amides is 1. The van der Waals surface area contributed by atoms with Gasteiger partial charge in [0.15, 0.2) is 0 Å². The molecule has 1 saturated heterocycles. The van der Waals surface area contributed by atoms with Crippen LogP contribution >= 0.6 is 0 Å². The Balaban J connectivity index is 1.93. The Morgan fingerprint density at radius 3 is 2.54 bits per heavy atom. The zero-order valence-electron chi connectivity index (χ0n) is 15.0. The monoisotopic (exact) mass is 426 g/mol. The van der Waals surface area contributed by atoms with Crippen molar-refractivity contribution < 1.29 is 30.9 Å². The fourth-order valence-electron chi connectivity index (χ4n) is 2.89. The summed E-state index contributed by atoms with van der Waals surface area (Å²) in [5, 5.41) is 10.3. The zero-order chi connectivity index (χ0) is 20.7. The van der Waals surface area contributed by atoms with Gasteiger partial charge in [-0.1, -0.05) is 24.3 Å². The van der Waals surface area contributed by atoms with Crippen LogP contribution in [0.3, 0.4) is 0 Å². The SMILES string of the molecule is Cc1cccc(Cc2ccc(N3CC(=O)NS3(=O)=O)c(O)c2)c1OS(C)(=O)=O. The minimum absolute atomic E-state index is 0.0287. The summed E-state index contributed by atoms with van der Waals surface area (Å²) in [6.45, 7) is 1.30. The van der Waals surface area contributed by atoms with Gasteiger partial charge in [-0.15, -0.1) is 0 Å². The Bertz CT molecular complexity index is 1160. The van der Waals surface area contributed by atoms with E-state index < -0.39 is 32.8 Å². The number of anilines is 1. The molecule has 0 saturated carbocycles. The van der Waals surface area contributed by atoms with Gasteiger partial charge in [-0.25, -0.2) is 9.03 Å². The van der Waals surface area contributed by atoms with Crippen molar-refractivity contribution in [1.82, 2.24) is 4.72 Å². The van der Waals surface area contributed by atoms with Gasteiger partial charge < -0.3 is 9.29 Å². The van der Waals surface area contributed by atoms with E-state index in [2.05, 4.69) is 0 Å². The Morgan fingerprint density at radius 1 is 1.25 bits per heavy atom. The molecule has 2 aromatic rings. The van der Waals surface area contributed by atoms with E-state index in [0.29, 0.717) is 16.7 Å². The highest BCUT2D eigenvalue weighted by Crippen LogP contribution is 2.33. The number of phenolic OH excluding ortho intramolecular Hbond substituents is 1. The summed E-state index contributed by atoms with van der Waals surface area (Å²) >= 11 is 0. The topological polar surface area (TPSA) is 130 Å². The molecule has 3 rings (SSSR count). The van der Waals surface area contributed by atoms with Gasteiger partial charge >= 0.3 is 20.3 Å². The zero-order valence-corrected chi connectivity index (χ0v) is 16.7. The van der Waals surface area contributed by atoms with E-state index in [0.717, 1.165) is 10.6 Å². The number of nitrogens with zero attached hydrogens (tertiary/aromatic N) is 1. The van der Waals surface area contributed by atoms with Crippen LogP contribution in [-0.2, 0) is 31.5 Å². The first-order valence-electron chi connectivity index (χ1n) is 8.09. The highest BCUT2D eigenvalue weighted by atomic mass is 32.2. The van der Waals surface area contributed by atoms with Gasteiger partial charge in [0, 0.05) is 12.0 Å². The van der Waals surface area contributed by atoms with Crippen molar-refractivity contribution in [2.45, 2.75) is 13.3 Å². The van der Waals surface area contributed by atoms with Gasteiger partial charge in [-0.3, -0.25) is 4.79 Å². The third kappa shape index (κ3) is 4.20. The Hall–Kier alpha value is -2.79. The first-order chi connectivity index (χ1) is 13.0. The number of phenols is 1. The van der Waals surface area contributed by atoms with Crippen LogP contribution < -0.4 is 13.2 Å². The van der Waals surface area contributed by atoms with E-state index in [1.807, 2.05) is 4.72 Å². The molecule has 1 aliphatic rings. The van der Waals surface area contributed by atoms with Crippen LogP contribution in [0.15, 0.2) is 36.4 Å². The maximum atomic E-state index is 11.9. The molecule has 0 bridgehead atoms. The van der Waals surface area contributed by atoms with E-state index in [1.165, 1.54) is 12.1 Å². The molecule has 2 N–H and O–H groups in total. The number of aromatic hydroxyl groups is 1. The fraction of sp³-hybridized carbons (Fsp3) is 0.235. The second-order valence-electron chi connectivity index (χ2n) is 6.39. The van der Waals surface area contributed by atoms with Crippen LogP contribution in [0.2, 0.25) is 0 Å². The molecular formula is C17H18N2O7S2. The number of hydrogen-bond donors (Lipinski definition) is 2. The number of aryl methyl sites for hydroxylation is 1. The molecule has 9 nitrogen and oxygen atoms in total. The summed E-state index contributed by atoms with van der Waals surface area (Å²) in [7, 11) is -7.75. The van der Waals surface area contributed by atoms with E-state index in [9.17, 15) is 26.7 Å². The lowest BCUT2D eigenvalue weighted by atomic mass is 10.0. The number of carbonyl (C=O) groups excluding carboxylic acids is 1. The van der Waals surface area contributed by atoms with Crippen molar-refractivity contribution >= 4 is 31.9 Å². The van der Waals surface area contributed by atoms with Gasteiger partial charge in [0.2, 0.25) is 0 Å². The molecule has 0 aliphatic carbocycles. The molecule has 150 valence electrons. The van der Waals surface area contributed by atoms with Gasteiger partial charge in [-0.05, 0) is 30.2 Å². The predicted octanol–water partition coefficient (Wildman–Crippen LogP) is 0.811. The number of para-hydroxylation sites is 1. The summed E-state index contributed by atoms with van der Waals surface area (Å²) < 4.78 is 54.6. The van der Waals surface area contributed by atoms with Crippen LogP contribution in [0, 0.1) is 6.92 Å². The maximum absolute atomic E-state index is 11.9. The minimum atomic E-state index is -4.03. The molecule has 11 heteroatoms. The van der Waals surface area contributed by atoms with E-state index in [1.54, 1.807) is 31.2 Å². The van der Waals surface area contributed by atoms with Crippen LogP contribution in [0.1, 0.15) is 16.7 Å². The van der Waals surface area contributed by atoms with Crippen molar-refractivity contribution in [2.75, 3.05) is 17.1 Å². The number of hydrogen-bond acceptors (Lipinski definition) is 7. The molecule has 28 heavy (non-hydrogen) atoms. The lowest BCUT2D eigenvalue weighted by Crippen LogP contribution is -2.29. The third-order valence-electron chi connectivity index (χ3n) is 4.05. The quantitative estimate of drug-likeness (QED) is 0.677. The van der Waals surface area contributed by atoms with Crippen molar-refractivity contribution in [1.29, 1.82) is 0 Å². The highest BCUT2D eigenvalue weighted by Gasteiger charge is 2.35. The summed E-state index contributed by atoms with van der Waals surface area (Å²) in [5.41, 5.74) is 1.79. The van der Waals surface area contributed by atoms with Gasteiger partial charge in [0.05, 0.1) is 11.9 Å². The lowest BCUT2D eigenvalue weighted by molar-refractivity contribution is -0.117.